The molecular weight excluding hydrogens is 1320 g/mol. The third-order valence-corrected chi connectivity index (χ3v) is 21.4. The van der Waals surface area contributed by atoms with Crippen LogP contribution in [0.2, 0.25) is 0 Å². The Kier molecular flexibility index (Phi) is 81.2. The second-order valence-electron chi connectivity index (χ2n) is 31.8. The molecule has 0 rings (SSSR count). The molecule has 0 atom stereocenters. The molecule has 0 spiro atoms. The average molecular weight is 1500 g/mol. The summed E-state index contributed by atoms with van der Waals surface area (Å²) < 4.78 is 23.5. The van der Waals surface area contributed by atoms with Crippen LogP contribution >= 0.6 is 0 Å². The van der Waals surface area contributed by atoms with E-state index in [0.29, 0.717) is 65.1 Å². The summed E-state index contributed by atoms with van der Waals surface area (Å²) in [6, 6.07) is 0. The third kappa shape index (κ3) is 77.2. The van der Waals surface area contributed by atoms with E-state index in [1.165, 1.54) is 230 Å². The lowest BCUT2D eigenvalue weighted by molar-refractivity contribution is -0.151. The van der Waals surface area contributed by atoms with Crippen LogP contribution in [0, 0.1) is 0 Å². The van der Waals surface area contributed by atoms with Gasteiger partial charge < -0.3 is 39.4 Å². The van der Waals surface area contributed by atoms with Gasteiger partial charge in [0, 0.05) is 64.0 Å². The van der Waals surface area contributed by atoms with Gasteiger partial charge in [-0.1, -0.05) is 311 Å². The Morgan fingerprint density at radius 1 is 0.245 bits per heavy atom. The van der Waals surface area contributed by atoms with E-state index >= 15 is 0 Å². The van der Waals surface area contributed by atoms with Crippen LogP contribution in [0.25, 0.3) is 0 Å². The summed E-state index contributed by atoms with van der Waals surface area (Å²) >= 11 is 0. The van der Waals surface area contributed by atoms with Crippen molar-refractivity contribution in [1.29, 1.82) is 0 Å². The van der Waals surface area contributed by atoms with Gasteiger partial charge in [0.25, 0.3) is 0 Å². The zero-order valence-corrected chi connectivity index (χ0v) is 71.0. The van der Waals surface area contributed by atoms with Crippen LogP contribution in [-0.4, -0.2) is 123 Å². The van der Waals surface area contributed by atoms with Crippen molar-refractivity contribution in [2.45, 2.75) is 478 Å². The highest BCUT2D eigenvalue weighted by molar-refractivity contribution is 5.96. The van der Waals surface area contributed by atoms with E-state index in [4.69, 9.17) is 18.9 Å². The molecule has 106 heavy (non-hydrogen) atoms. The number of hydrogen-bond acceptors (Lipinski definition) is 12. The number of amides is 2. The largest absolute Gasteiger partial charge is 0.466 e. The number of rotatable bonds is 86. The first-order chi connectivity index (χ1) is 52.0. The number of ether oxygens (including phenoxy) is 4. The van der Waals surface area contributed by atoms with Gasteiger partial charge in [-0.15, -0.1) is 0 Å². The van der Waals surface area contributed by atoms with Gasteiger partial charge in [-0.2, -0.15) is 0 Å². The van der Waals surface area contributed by atoms with Gasteiger partial charge in [-0.25, -0.2) is 0 Å². The Hall–Kier alpha value is -3.52. The second kappa shape index (κ2) is 83.9. The molecule has 624 valence electrons. The van der Waals surface area contributed by atoms with Gasteiger partial charge in [0.1, 0.15) is 12.2 Å². The van der Waals surface area contributed by atoms with E-state index in [9.17, 15) is 28.8 Å². The van der Waals surface area contributed by atoms with Crippen molar-refractivity contribution in [3.63, 3.8) is 0 Å². The molecule has 0 unspecified atom stereocenters. The van der Waals surface area contributed by atoms with E-state index in [2.05, 4.69) is 62.0 Å². The molecule has 0 saturated heterocycles. The Balaban J connectivity index is 5.44. The van der Waals surface area contributed by atoms with Crippen molar-refractivity contribution in [2.24, 2.45) is 0 Å². The van der Waals surface area contributed by atoms with Crippen LogP contribution < -0.4 is 10.6 Å². The van der Waals surface area contributed by atoms with Crippen LogP contribution in [0.3, 0.4) is 0 Å². The summed E-state index contributed by atoms with van der Waals surface area (Å²) in [7, 11) is 0. The molecule has 2 N–H and O–H groups in total. The minimum Gasteiger partial charge on any atom is -0.466 e. The number of nitrogens with zero attached hydrogens (tertiary/aromatic N) is 2. The lowest BCUT2D eigenvalue weighted by Gasteiger charge is -2.22. The molecule has 2 amide bonds. The quantitative estimate of drug-likeness (QED) is 0.0256. The third-order valence-electron chi connectivity index (χ3n) is 21.4. The number of unbranched alkanes of at least 4 members (excludes halogenated alkanes) is 48. The smallest absolute Gasteiger partial charge is 0.306 e. The molecule has 0 aromatic rings. The number of carbonyl (C=O) groups is 6. The molecule has 0 aliphatic heterocycles. The maximum absolute atomic E-state index is 13.1. The Morgan fingerprint density at radius 2 is 0.453 bits per heavy atom. The molecule has 14 nitrogen and oxygen atoms in total. The maximum Gasteiger partial charge on any atom is 0.306 e. The van der Waals surface area contributed by atoms with Crippen molar-refractivity contribution >= 4 is 35.7 Å². The summed E-state index contributed by atoms with van der Waals surface area (Å²) in [5.41, 5.74) is 0. The number of hydrogen-bond donors (Lipinski definition) is 2. The highest BCUT2D eigenvalue weighted by atomic mass is 16.6. The second-order valence-corrected chi connectivity index (χ2v) is 31.8. The van der Waals surface area contributed by atoms with Crippen molar-refractivity contribution < 1.29 is 47.7 Å². The molecule has 0 aromatic heterocycles. The summed E-state index contributed by atoms with van der Waals surface area (Å²) in [4.78, 5) is 82.3. The maximum atomic E-state index is 13.1. The average Bonchev–Trinajstić information content (AvgIpc) is 1.09. The van der Waals surface area contributed by atoms with Crippen LogP contribution in [0.4, 0.5) is 0 Å². The fraction of sp³-hybridized carbons (Fsp3) is 0.913. The van der Waals surface area contributed by atoms with Crippen molar-refractivity contribution in [3.05, 3.63) is 12.2 Å². The summed E-state index contributed by atoms with van der Waals surface area (Å²) in [6.07, 6.45) is 76.3. The summed E-state index contributed by atoms with van der Waals surface area (Å²) in [6.45, 7) is 20.3. The van der Waals surface area contributed by atoms with Gasteiger partial charge in [-0.3, -0.25) is 28.8 Å². The van der Waals surface area contributed by atoms with E-state index in [0.717, 1.165) is 206 Å². The normalized spacial score (nSPS) is 11.7. The van der Waals surface area contributed by atoms with E-state index in [1.54, 1.807) is 0 Å². The predicted molar refractivity (Wildman–Crippen MR) is 448 cm³/mol. The first-order valence-corrected chi connectivity index (χ1v) is 46.4. The van der Waals surface area contributed by atoms with E-state index in [1.807, 2.05) is 0 Å². The monoisotopic (exact) mass is 1500 g/mol. The van der Waals surface area contributed by atoms with Gasteiger partial charge in [0.15, 0.2) is 0 Å². The van der Waals surface area contributed by atoms with Crippen LogP contribution in [0.1, 0.15) is 465 Å². The van der Waals surface area contributed by atoms with E-state index in [-0.39, 0.29) is 47.9 Å². The Bertz CT molecular complexity index is 1790. The van der Waals surface area contributed by atoms with Crippen LogP contribution in [0.5, 0.6) is 0 Å². The molecule has 14 heteroatoms. The van der Waals surface area contributed by atoms with Gasteiger partial charge >= 0.3 is 23.9 Å². The number of carbonyl (C=O) groups excluding carboxylic acids is 6. The lowest BCUT2D eigenvalue weighted by atomic mass is 10.0. The fourth-order valence-electron chi connectivity index (χ4n) is 14.4. The standard InChI is InChI=1S/C92H176N4O10/c1-7-13-19-25-31-33-35-43-55-69-89(99)103-83-63-49-61-79-95(77-59-47-37-45-57-71-91(101)105-85(65-51-39-27-21-15-9-3)66-52-40-28-22-16-10-4)81-75-93-87(97)73-74-88(98)94-76-82-96(80-62-50-64-84-104-90(100)70-56-44-36-34-32-26-20-14-8-2)78-60-48-38-46-58-72-92(102)106-86(67-53-41-29-23-17-11-5)68-54-42-30-24-18-12-6/h73-74,85-86H,7-72,75-84H2,1-6H3,(H,93,97)(H,94,98). The zero-order chi connectivity index (χ0) is 77.2. The molecule has 0 aromatic carbocycles. The molecule has 0 bridgehead atoms. The number of esters is 4. The minimum atomic E-state index is -0.294. The van der Waals surface area contributed by atoms with E-state index < -0.39 is 0 Å². The topological polar surface area (TPSA) is 170 Å². The molecule has 0 aliphatic carbocycles. The molecule has 0 heterocycles. The molecular formula is C92H176N4O10. The predicted octanol–water partition coefficient (Wildman–Crippen LogP) is 25.2. The molecule has 0 saturated carbocycles. The summed E-state index contributed by atoms with van der Waals surface area (Å²) in [5, 5.41) is 6.05. The van der Waals surface area contributed by atoms with Gasteiger partial charge in [-0.05, 0) is 155 Å². The Morgan fingerprint density at radius 3 is 0.708 bits per heavy atom. The summed E-state index contributed by atoms with van der Waals surface area (Å²) in [5.74, 6) is -0.808. The van der Waals surface area contributed by atoms with Crippen molar-refractivity contribution in [2.75, 3.05) is 65.6 Å². The minimum absolute atomic E-state index is 0.0294. The first kappa shape index (κ1) is 102. The molecule has 0 aliphatic rings. The van der Waals surface area contributed by atoms with Crippen LogP contribution in [0.15, 0.2) is 12.2 Å². The lowest BCUT2D eigenvalue weighted by Crippen LogP contribution is -2.36. The van der Waals surface area contributed by atoms with Gasteiger partial charge in [0.05, 0.1) is 13.2 Å². The van der Waals surface area contributed by atoms with Crippen molar-refractivity contribution in [3.8, 4) is 0 Å². The first-order valence-electron chi connectivity index (χ1n) is 46.4. The van der Waals surface area contributed by atoms with Gasteiger partial charge in [0.2, 0.25) is 11.8 Å². The highest BCUT2D eigenvalue weighted by Crippen LogP contribution is 2.22. The fourth-order valence-corrected chi connectivity index (χ4v) is 14.4. The molecule has 0 fully saturated rings. The number of nitrogens with one attached hydrogen (secondary N) is 2. The molecule has 0 radical (unpaired) electrons. The zero-order valence-electron chi connectivity index (χ0n) is 71.0. The van der Waals surface area contributed by atoms with Crippen LogP contribution in [-0.2, 0) is 47.7 Å². The van der Waals surface area contributed by atoms with Crippen molar-refractivity contribution in [1.82, 2.24) is 20.4 Å². The Labute approximate surface area is 655 Å². The highest BCUT2D eigenvalue weighted by Gasteiger charge is 2.18. The SMILES string of the molecule is CCCCCCCCCCCC(=O)OCCCCCN(CCCCCCCC(=O)OC(CCCCCCCC)CCCCCCCC)CCNC(=O)C=CC(=O)NCCN(CCCCCCCC(=O)OC(CCCCCCCC)CCCCCCCC)CCCCCOC(=O)CCCCCCCCCCC.